The van der Waals surface area contributed by atoms with Crippen molar-refractivity contribution in [2.24, 2.45) is 0 Å². The van der Waals surface area contributed by atoms with Crippen LogP contribution in [0.4, 0.5) is 11.4 Å². The first kappa shape index (κ1) is 21.5. The number of ether oxygens (including phenoxy) is 1. The van der Waals surface area contributed by atoms with Crippen LogP contribution in [0.25, 0.3) is 10.8 Å². The van der Waals surface area contributed by atoms with Crippen LogP contribution in [-0.2, 0) is 4.74 Å². The van der Waals surface area contributed by atoms with Crippen molar-refractivity contribution in [1.29, 1.82) is 0 Å². The SMILES string of the molecule is COC(=O)c1cc2ccccc2cc1NC(=O)c1ccc(Cl)c(NC(=O)c2cccs2)c1. The fourth-order valence-electron chi connectivity index (χ4n) is 3.17. The van der Waals surface area contributed by atoms with Crippen molar-refractivity contribution in [2.45, 2.75) is 0 Å². The Kier molecular flexibility index (Phi) is 6.20. The number of methoxy groups -OCH3 is 1. The van der Waals surface area contributed by atoms with E-state index in [1.807, 2.05) is 24.3 Å². The second-order valence-corrected chi connectivity index (χ2v) is 8.17. The Hall–Kier alpha value is -3.68. The van der Waals surface area contributed by atoms with Crippen LogP contribution >= 0.6 is 22.9 Å². The molecule has 0 atom stereocenters. The van der Waals surface area contributed by atoms with Gasteiger partial charge in [0.1, 0.15) is 0 Å². The molecule has 0 spiro atoms. The first-order chi connectivity index (χ1) is 15.5. The quantitative estimate of drug-likeness (QED) is 0.363. The average molecular weight is 465 g/mol. The predicted octanol–water partition coefficient (Wildman–Crippen LogP) is 5.85. The van der Waals surface area contributed by atoms with Gasteiger partial charge in [0.25, 0.3) is 11.8 Å². The number of carbonyl (C=O) groups excluding carboxylic acids is 3. The monoisotopic (exact) mass is 464 g/mol. The Labute approximate surface area is 192 Å². The minimum Gasteiger partial charge on any atom is -0.465 e. The molecule has 32 heavy (non-hydrogen) atoms. The molecule has 4 rings (SSSR count). The molecule has 0 saturated heterocycles. The third-order valence-corrected chi connectivity index (χ3v) is 5.96. The maximum absolute atomic E-state index is 13.0. The molecule has 0 bridgehead atoms. The summed E-state index contributed by atoms with van der Waals surface area (Å²) in [4.78, 5) is 38.2. The van der Waals surface area contributed by atoms with Crippen molar-refractivity contribution in [3.05, 3.63) is 93.1 Å². The Morgan fingerprint density at radius 2 is 1.56 bits per heavy atom. The minimum absolute atomic E-state index is 0.236. The highest BCUT2D eigenvalue weighted by atomic mass is 35.5. The second-order valence-electron chi connectivity index (χ2n) is 6.82. The summed E-state index contributed by atoms with van der Waals surface area (Å²) in [6.07, 6.45) is 0. The highest BCUT2D eigenvalue weighted by Gasteiger charge is 2.18. The Morgan fingerprint density at radius 3 is 2.25 bits per heavy atom. The van der Waals surface area contributed by atoms with E-state index in [4.69, 9.17) is 16.3 Å². The number of amides is 2. The molecular weight excluding hydrogens is 448 g/mol. The number of carbonyl (C=O) groups is 3. The minimum atomic E-state index is -0.564. The van der Waals surface area contributed by atoms with Crippen LogP contribution in [0.2, 0.25) is 5.02 Å². The fourth-order valence-corrected chi connectivity index (χ4v) is 3.95. The molecule has 2 amide bonds. The summed E-state index contributed by atoms with van der Waals surface area (Å²) in [6.45, 7) is 0. The standard InChI is InChI=1S/C24H17ClN2O4S/c1-31-24(30)17-11-14-5-2-3-6-15(14)12-19(17)26-22(28)16-8-9-18(25)20(13-16)27-23(29)21-7-4-10-32-21/h2-13H,1H3,(H,26,28)(H,27,29). The number of fused-ring (bicyclic) bond motifs is 1. The van der Waals surface area contributed by atoms with Gasteiger partial charge in [0.15, 0.2) is 0 Å². The number of benzene rings is 3. The van der Waals surface area contributed by atoms with Crippen molar-refractivity contribution in [3.63, 3.8) is 0 Å². The molecule has 1 heterocycles. The zero-order chi connectivity index (χ0) is 22.7. The van der Waals surface area contributed by atoms with Crippen LogP contribution in [0.5, 0.6) is 0 Å². The number of hydrogen-bond donors (Lipinski definition) is 2. The lowest BCUT2D eigenvalue weighted by Gasteiger charge is -2.13. The molecule has 160 valence electrons. The third-order valence-electron chi connectivity index (χ3n) is 4.76. The molecule has 4 aromatic rings. The van der Waals surface area contributed by atoms with Crippen LogP contribution in [0.3, 0.4) is 0 Å². The molecule has 6 nitrogen and oxygen atoms in total. The maximum atomic E-state index is 13.0. The van der Waals surface area contributed by atoms with Gasteiger partial charge in [0.05, 0.1) is 33.9 Å². The molecule has 0 aliphatic rings. The summed E-state index contributed by atoms with van der Waals surface area (Å²) in [5.74, 6) is -1.35. The highest BCUT2D eigenvalue weighted by molar-refractivity contribution is 7.12. The van der Waals surface area contributed by atoms with E-state index in [1.54, 1.807) is 29.6 Å². The van der Waals surface area contributed by atoms with Gasteiger partial charge in [-0.25, -0.2) is 4.79 Å². The van der Waals surface area contributed by atoms with Crippen LogP contribution in [0.1, 0.15) is 30.4 Å². The summed E-state index contributed by atoms with van der Waals surface area (Å²) in [5, 5.41) is 9.28. The van der Waals surface area contributed by atoms with E-state index in [0.29, 0.717) is 21.3 Å². The van der Waals surface area contributed by atoms with Crippen LogP contribution < -0.4 is 10.6 Å². The van der Waals surface area contributed by atoms with E-state index in [9.17, 15) is 14.4 Å². The number of rotatable bonds is 5. The first-order valence-electron chi connectivity index (χ1n) is 9.53. The molecule has 3 aromatic carbocycles. The zero-order valence-electron chi connectivity index (χ0n) is 16.8. The molecule has 0 aliphatic heterocycles. The van der Waals surface area contributed by atoms with Gasteiger partial charge in [0.2, 0.25) is 0 Å². The summed E-state index contributed by atoms with van der Waals surface area (Å²) in [6, 6.07) is 18.9. The van der Waals surface area contributed by atoms with Gasteiger partial charge in [-0.2, -0.15) is 0 Å². The number of nitrogens with one attached hydrogen (secondary N) is 2. The van der Waals surface area contributed by atoms with Crippen molar-refractivity contribution in [1.82, 2.24) is 0 Å². The van der Waals surface area contributed by atoms with Crippen molar-refractivity contribution < 1.29 is 19.1 Å². The summed E-state index contributed by atoms with van der Waals surface area (Å²) >= 11 is 7.51. The second kappa shape index (κ2) is 9.21. The third kappa shape index (κ3) is 4.49. The normalized spacial score (nSPS) is 10.6. The predicted molar refractivity (Wildman–Crippen MR) is 127 cm³/mol. The van der Waals surface area contributed by atoms with E-state index in [-0.39, 0.29) is 17.0 Å². The molecule has 1 aromatic heterocycles. The van der Waals surface area contributed by atoms with E-state index >= 15 is 0 Å². The number of esters is 1. The fraction of sp³-hybridized carbons (Fsp3) is 0.0417. The Bertz CT molecular complexity index is 1340. The number of hydrogen-bond acceptors (Lipinski definition) is 5. The molecule has 0 aliphatic carbocycles. The van der Waals surface area contributed by atoms with Crippen molar-refractivity contribution >= 4 is 62.9 Å². The van der Waals surface area contributed by atoms with Crippen molar-refractivity contribution in [3.8, 4) is 0 Å². The zero-order valence-corrected chi connectivity index (χ0v) is 18.4. The van der Waals surface area contributed by atoms with Gasteiger partial charge >= 0.3 is 5.97 Å². The molecule has 2 N–H and O–H groups in total. The highest BCUT2D eigenvalue weighted by Crippen LogP contribution is 2.28. The first-order valence-corrected chi connectivity index (χ1v) is 10.8. The van der Waals surface area contributed by atoms with E-state index in [2.05, 4.69) is 10.6 Å². The molecule has 0 saturated carbocycles. The van der Waals surface area contributed by atoms with E-state index in [1.165, 1.54) is 36.6 Å². The largest absolute Gasteiger partial charge is 0.465 e. The van der Waals surface area contributed by atoms with Crippen LogP contribution in [0, 0.1) is 0 Å². The van der Waals surface area contributed by atoms with Gasteiger partial charge in [-0.05, 0) is 52.6 Å². The van der Waals surface area contributed by atoms with Gasteiger partial charge < -0.3 is 15.4 Å². The smallest absolute Gasteiger partial charge is 0.339 e. The van der Waals surface area contributed by atoms with Gasteiger partial charge in [-0.3, -0.25) is 9.59 Å². The lowest BCUT2D eigenvalue weighted by Crippen LogP contribution is -2.16. The number of anilines is 2. The molecule has 8 heteroatoms. The molecule has 0 fully saturated rings. The Balaban J connectivity index is 1.63. The van der Waals surface area contributed by atoms with Gasteiger partial charge in [-0.15, -0.1) is 11.3 Å². The number of thiophene rings is 1. The topological polar surface area (TPSA) is 84.5 Å². The summed E-state index contributed by atoms with van der Waals surface area (Å²) < 4.78 is 4.87. The summed E-state index contributed by atoms with van der Waals surface area (Å²) in [5.41, 5.74) is 1.13. The van der Waals surface area contributed by atoms with Gasteiger partial charge in [0, 0.05) is 5.56 Å². The Morgan fingerprint density at radius 1 is 0.844 bits per heavy atom. The number of halogens is 1. The lowest BCUT2D eigenvalue weighted by atomic mass is 10.0. The molecule has 0 unspecified atom stereocenters. The lowest BCUT2D eigenvalue weighted by molar-refractivity contribution is 0.0602. The maximum Gasteiger partial charge on any atom is 0.339 e. The molecular formula is C24H17ClN2O4S. The van der Waals surface area contributed by atoms with Crippen molar-refractivity contribution in [2.75, 3.05) is 17.7 Å². The molecule has 0 radical (unpaired) electrons. The van der Waals surface area contributed by atoms with E-state index in [0.717, 1.165) is 10.8 Å². The van der Waals surface area contributed by atoms with Crippen LogP contribution in [0.15, 0.2) is 72.1 Å². The summed E-state index contributed by atoms with van der Waals surface area (Å²) in [7, 11) is 1.28. The van der Waals surface area contributed by atoms with E-state index < -0.39 is 11.9 Å². The van der Waals surface area contributed by atoms with Crippen LogP contribution in [-0.4, -0.2) is 24.9 Å². The van der Waals surface area contributed by atoms with Gasteiger partial charge in [-0.1, -0.05) is 41.9 Å². The average Bonchev–Trinajstić information content (AvgIpc) is 3.34.